The number of carbonyl (C=O) groups excluding carboxylic acids is 1. The molecule has 0 saturated heterocycles. The van der Waals surface area contributed by atoms with Crippen LogP contribution in [0.4, 0.5) is 5.69 Å². The van der Waals surface area contributed by atoms with E-state index in [9.17, 15) is 10.1 Å². The first kappa shape index (κ1) is 17.4. The second kappa shape index (κ2) is 8.59. The smallest absolute Gasteiger partial charge is 0.242 e. The van der Waals surface area contributed by atoms with E-state index in [0.717, 1.165) is 11.3 Å². The Labute approximate surface area is 141 Å². The number of carbonyl (C=O) groups is 1. The Morgan fingerprint density at radius 3 is 2.54 bits per heavy atom. The van der Waals surface area contributed by atoms with Crippen molar-refractivity contribution in [1.82, 2.24) is 0 Å². The van der Waals surface area contributed by atoms with Gasteiger partial charge in [0, 0.05) is 12.1 Å². The lowest BCUT2D eigenvalue weighted by molar-refractivity contribution is -0.118. The van der Waals surface area contributed by atoms with Gasteiger partial charge in [0.2, 0.25) is 5.91 Å². The van der Waals surface area contributed by atoms with Crippen molar-refractivity contribution in [3.8, 4) is 17.6 Å². The van der Waals surface area contributed by atoms with Gasteiger partial charge in [-0.05, 0) is 42.8 Å². The van der Waals surface area contributed by atoms with Gasteiger partial charge in [-0.1, -0.05) is 18.2 Å². The topological polar surface area (TPSA) is 71.3 Å². The van der Waals surface area contributed by atoms with Crippen LogP contribution in [0.1, 0.15) is 12.5 Å². The van der Waals surface area contributed by atoms with Crippen LogP contribution in [0.15, 0.2) is 48.5 Å². The third-order valence-corrected chi connectivity index (χ3v) is 3.52. The summed E-state index contributed by atoms with van der Waals surface area (Å²) in [5, 5.41) is 12.1. The Hall–Kier alpha value is -3.00. The molecule has 0 heterocycles. The highest BCUT2D eigenvalue weighted by Crippen LogP contribution is 2.22. The van der Waals surface area contributed by atoms with E-state index in [2.05, 4.69) is 11.4 Å². The SMILES string of the molecule is CCOc1ccc(NC(=O)[C@@H](C#N)Cc2ccccc2OC)cc1. The molecule has 0 aliphatic heterocycles. The van der Waals surface area contributed by atoms with Crippen LogP contribution in [0, 0.1) is 17.2 Å². The highest BCUT2D eigenvalue weighted by molar-refractivity contribution is 5.94. The third-order valence-electron chi connectivity index (χ3n) is 3.52. The van der Waals surface area contributed by atoms with Gasteiger partial charge in [0.25, 0.3) is 0 Å². The molecule has 0 radical (unpaired) electrons. The van der Waals surface area contributed by atoms with Gasteiger partial charge in [-0.15, -0.1) is 0 Å². The third kappa shape index (κ3) is 4.50. The summed E-state index contributed by atoms with van der Waals surface area (Å²) in [4.78, 5) is 12.4. The zero-order valence-corrected chi connectivity index (χ0v) is 13.8. The summed E-state index contributed by atoms with van der Waals surface area (Å²) in [6.45, 7) is 2.49. The molecule has 2 aromatic rings. The normalized spacial score (nSPS) is 11.2. The summed E-state index contributed by atoms with van der Waals surface area (Å²) in [7, 11) is 1.57. The Morgan fingerprint density at radius 2 is 1.92 bits per heavy atom. The van der Waals surface area contributed by atoms with E-state index in [-0.39, 0.29) is 5.91 Å². The molecule has 0 aliphatic carbocycles. The molecule has 5 heteroatoms. The molecular weight excluding hydrogens is 304 g/mol. The summed E-state index contributed by atoms with van der Waals surface area (Å²) in [6, 6.07) is 16.5. The summed E-state index contributed by atoms with van der Waals surface area (Å²) >= 11 is 0. The Kier molecular flexibility index (Phi) is 6.21. The van der Waals surface area contributed by atoms with Crippen LogP contribution in [0.2, 0.25) is 0 Å². The van der Waals surface area contributed by atoms with E-state index in [0.29, 0.717) is 24.5 Å². The summed E-state index contributed by atoms with van der Waals surface area (Å²) in [5.74, 6) is 0.272. The first-order valence-electron chi connectivity index (χ1n) is 7.73. The fourth-order valence-electron chi connectivity index (χ4n) is 2.32. The highest BCUT2D eigenvalue weighted by Gasteiger charge is 2.20. The van der Waals surface area contributed by atoms with Crippen LogP contribution < -0.4 is 14.8 Å². The number of anilines is 1. The van der Waals surface area contributed by atoms with E-state index in [1.807, 2.05) is 31.2 Å². The monoisotopic (exact) mass is 324 g/mol. The predicted molar refractivity (Wildman–Crippen MR) is 92.0 cm³/mol. The number of benzene rings is 2. The number of nitriles is 1. The van der Waals surface area contributed by atoms with Crippen molar-refractivity contribution in [3.05, 3.63) is 54.1 Å². The van der Waals surface area contributed by atoms with Gasteiger partial charge in [-0.25, -0.2) is 0 Å². The number of methoxy groups -OCH3 is 1. The standard InChI is InChI=1S/C19H20N2O3/c1-3-24-17-10-8-16(9-11-17)21-19(22)15(13-20)12-14-6-4-5-7-18(14)23-2/h4-11,15H,3,12H2,1-2H3,(H,21,22)/t15-/m1/s1. The van der Waals surface area contributed by atoms with Gasteiger partial charge in [0.15, 0.2) is 0 Å². The van der Waals surface area contributed by atoms with Crippen LogP contribution in [0.3, 0.4) is 0 Å². The maximum absolute atomic E-state index is 12.4. The van der Waals surface area contributed by atoms with Gasteiger partial charge in [0.05, 0.1) is 19.8 Å². The van der Waals surface area contributed by atoms with Crippen molar-refractivity contribution in [1.29, 1.82) is 5.26 Å². The minimum absolute atomic E-state index is 0.295. The zero-order chi connectivity index (χ0) is 17.4. The lowest BCUT2D eigenvalue weighted by Gasteiger charge is -2.13. The number of amides is 1. The van der Waals surface area contributed by atoms with Crippen LogP contribution >= 0.6 is 0 Å². The Balaban J connectivity index is 2.05. The number of hydrogen-bond acceptors (Lipinski definition) is 4. The second-order valence-electron chi connectivity index (χ2n) is 5.14. The van der Waals surface area contributed by atoms with E-state index in [1.165, 1.54) is 0 Å². The van der Waals surface area contributed by atoms with E-state index < -0.39 is 5.92 Å². The number of hydrogen-bond donors (Lipinski definition) is 1. The zero-order valence-electron chi connectivity index (χ0n) is 13.8. The molecule has 0 saturated carbocycles. The molecule has 2 aromatic carbocycles. The molecule has 5 nitrogen and oxygen atoms in total. The maximum atomic E-state index is 12.4. The molecular formula is C19H20N2O3. The maximum Gasteiger partial charge on any atom is 0.242 e. The first-order valence-corrected chi connectivity index (χ1v) is 7.73. The summed E-state index contributed by atoms with van der Waals surface area (Å²) < 4.78 is 10.6. The van der Waals surface area contributed by atoms with E-state index >= 15 is 0 Å². The quantitative estimate of drug-likeness (QED) is 0.847. The molecule has 0 spiro atoms. The fourth-order valence-corrected chi connectivity index (χ4v) is 2.32. The molecule has 1 atom stereocenters. The van der Waals surface area contributed by atoms with Gasteiger partial charge in [0.1, 0.15) is 17.4 Å². The fraction of sp³-hybridized carbons (Fsp3) is 0.263. The number of nitrogens with zero attached hydrogens (tertiary/aromatic N) is 1. The molecule has 124 valence electrons. The summed E-state index contributed by atoms with van der Waals surface area (Å²) in [6.07, 6.45) is 0.295. The Bertz CT molecular complexity index is 720. The first-order chi connectivity index (χ1) is 11.7. The minimum atomic E-state index is -0.798. The van der Waals surface area contributed by atoms with Crippen LogP contribution in [0.5, 0.6) is 11.5 Å². The number of ether oxygens (including phenoxy) is 2. The average molecular weight is 324 g/mol. The minimum Gasteiger partial charge on any atom is -0.496 e. The molecule has 0 aliphatic rings. The number of nitrogens with one attached hydrogen (secondary N) is 1. The van der Waals surface area contributed by atoms with Crippen molar-refractivity contribution in [2.75, 3.05) is 19.0 Å². The molecule has 1 amide bonds. The molecule has 0 fully saturated rings. The van der Waals surface area contributed by atoms with Crippen molar-refractivity contribution in [3.63, 3.8) is 0 Å². The molecule has 2 rings (SSSR count). The lowest BCUT2D eigenvalue weighted by Crippen LogP contribution is -2.23. The lowest BCUT2D eigenvalue weighted by atomic mass is 9.99. The average Bonchev–Trinajstić information content (AvgIpc) is 2.61. The molecule has 0 bridgehead atoms. The van der Waals surface area contributed by atoms with E-state index in [4.69, 9.17) is 9.47 Å². The van der Waals surface area contributed by atoms with Gasteiger partial charge < -0.3 is 14.8 Å². The van der Waals surface area contributed by atoms with Crippen molar-refractivity contribution < 1.29 is 14.3 Å². The van der Waals surface area contributed by atoms with Crippen LogP contribution in [0.25, 0.3) is 0 Å². The molecule has 0 unspecified atom stereocenters. The summed E-state index contributed by atoms with van der Waals surface area (Å²) in [5.41, 5.74) is 1.46. The predicted octanol–water partition coefficient (Wildman–Crippen LogP) is 3.41. The van der Waals surface area contributed by atoms with Crippen molar-refractivity contribution in [2.24, 2.45) is 5.92 Å². The second-order valence-corrected chi connectivity index (χ2v) is 5.14. The van der Waals surface area contributed by atoms with Gasteiger partial charge >= 0.3 is 0 Å². The molecule has 1 N–H and O–H groups in total. The van der Waals surface area contributed by atoms with Crippen LogP contribution in [-0.4, -0.2) is 19.6 Å². The van der Waals surface area contributed by atoms with Crippen molar-refractivity contribution >= 4 is 11.6 Å². The molecule has 24 heavy (non-hydrogen) atoms. The highest BCUT2D eigenvalue weighted by atomic mass is 16.5. The van der Waals surface area contributed by atoms with Gasteiger partial charge in [-0.2, -0.15) is 5.26 Å². The molecule has 0 aromatic heterocycles. The van der Waals surface area contributed by atoms with Crippen molar-refractivity contribution in [2.45, 2.75) is 13.3 Å². The number of rotatable bonds is 7. The van der Waals surface area contributed by atoms with Crippen LogP contribution in [-0.2, 0) is 11.2 Å². The number of para-hydroxylation sites is 1. The Morgan fingerprint density at radius 1 is 1.21 bits per heavy atom. The largest absolute Gasteiger partial charge is 0.496 e. The van der Waals surface area contributed by atoms with Gasteiger partial charge in [-0.3, -0.25) is 4.79 Å². The van der Waals surface area contributed by atoms with E-state index in [1.54, 1.807) is 31.4 Å².